The molecular weight excluding hydrogens is 324 g/mol. The number of carbonyl (C=O) groups is 2. The van der Waals surface area contributed by atoms with Gasteiger partial charge in [0, 0.05) is 24.7 Å². The normalized spacial score (nSPS) is 13.9. The first-order chi connectivity index (χ1) is 11.7. The molecule has 0 aliphatic heterocycles. The van der Waals surface area contributed by atoms with Crippen LogP contribution >= 0.6 is 0 Å². The van der Waals surface area contributed by atoms with E-state index in [0.29, 0.717) is 12.1 Å². The van der Waals surface area contributed by atoms with Gasteiger partial charge in [-0.1, -0.05) is 0 Å². The maximum Gasteiger partial charge on any atom is 0.407 e. The Morgan fingerprint density at radius 2 is 2.04 bits per heavy atom. The molecule has 0 saturated heterocycles. The number of anilines is 1. The standard InChI is InChI=1S/C17H24N4O4/c1-17(2,3)25-16(23)20-7-8-21-13(10-5-6-10)11(9-18)12(19)14(21)15(22)24-4/h10H,5-8,19H2,1-4H3,(H,20,23). The van der Waals surface area contributed by atoms with Gasteiger partial charge in [-0.05, 0) is 33.6 Å². The fraction of sp³-hybridized carbons (Fsp3) is 0.588. The molecule has 0 spiro atoms. The lowest BCUT2D eigenvalue weighted by molar-refractivity contribution is 0.0526. The van der Waals surface area contributed by atoms with Gasteiger partial charge in [-0.15, -0.1) is 0 Å². The molecule has 1 aromatic rings. The molecule has 1 heterocycles. The number of ether oxygens (including phenoxy) is 2. The number of rotatable bonds is 5. The largest absolute Gasteiger partial charge is 0.464 e. The molecule has 3 N–H and O–H groups in total. The zero-order chi connectivity index (χ0) is 18.8. The zero-order valence-corrected chi connectivity index (χ0v) is 15.0. The molecule has 8 heteroatoms. The van der Waals surface area contributed by atoms with Crippen molar-refractivity contribution < 1.29 is 19.1 Å². The minimum absolute atomic E-state index is 0.133. The molecular formula is C17H24N4O4. The van der Waals surface area contributed by atoms with E-state index < -0.39 is 17.7 Å². The quantitative estimate of drug-likeness (QED) is 0.787. The second-order valence-electron chi connectivity index (χ2n) is 6.98. The fourth-order valence-electron chi connectivity index (χ4n) is 2.69. The number of hydrogen-bond donors (Lipinski definition) is 2. The van der Waals surface area contributed by atoms with Crippen molar-refractivity contribution in [3.05, 3.63) is 17.0 Å². The first kappa shape index (κ1) is 18.6. The third-order valence-corrected chi connectivity index (χ3v) is 3.80. The second-order valence-corrected chi connectivity index (χ2v) is 6.98. The average molecular weight is 348 g/mol. The first-order valence-electron chi connectivity index (χ1n) is 8.16. The summed E-state index contributed by atoms with van der Waals surface area (Å²) in [6.45, 7) is 5.86. The molecule has 8 nitrogen and oxygen atoms in total. The van der Waals surface area contributed by atoms with Crippen LogP contribution in [0.1, 0.15) is 61.3 Å². The summed E-state index contributed by atoms with van der Waals surface area (Å²) < 4.78 is 11.7. The zero-order valence-electron chi connectivity index (χ0n) is 15.0. The Balaban J connectivity index is 2.22. The Morgan fingerprint density at radius 1 is 1.40 bits per heavy atom. The van der Waals surface area contributed by atoms with E-state index in [0.717, 1.165) is 18.5 Å². The molecule has 0 bridgehead atoms. The van der Waals surface area contributed by atoms with Gasteiger partial charge < -0.3 is 25.1 Å². The van der Waals surface area contributed by atoms with Crippen molar-refractivity contribution in [2.45, 2.75) is 51.7 Å². The Labute approximate surface area is 146 Å². The maximum atomic E-state index is 12.1. The van der Waals surface area contributed by atoms with Crippen molar-refractivity contribution in [1.29, 1.82) is 5.26 Å². The van der Waals surface area contributed by atoms with E-state index in [1.807, 2.05) is 0 Å². The number of nitrogens with zero attached hydrogens (tertiary/aromatic N) is 2. The van der Waals surface area contributed by atoms with Gasteiger partial charge in [-0.25, -0.2) is 9.59 Å². The van der Waals surface area contributed by atoms with Crippen molar-refractivity contribution in [2.24, 2.45) is 0 Å². The highest BCUT2D eigenvalue weighted by atomic mass is 16.6. The first-order valence-corrected chi connectivity index (χ1v) is 8.16. The number of nitriles is 1. The van der Waals surface area contributed by atoms with Gasteiger partial charge >= 0.3 is 12.1 Å². The van der Waals surface area contributed by atoms with Crippen molar-refractivity contribution in [3.8, 4) is 6.07 Å². The predicted octanol–water partition coefficient (Wildman–Crippen LogP) is 2.13. The monoisotopic (exact) mass is 348 g/mol. The molecule has 0 atom stereocenters. The molecule has 1 saturated carbocycles. The lowest BCUT2D eigenvalue weighted by Crippen LogP contribution is -2.34. The molecule has 25 heavy (non-hydrogen) atoms. The van der Waals surface area contributed by atoms with Crippen molar-refractivity contribution >= 4 is 17.7 Å². The molecule has 1 aliphatic carbocycles. The van der Waals surface area contributed by atoms with E-state index >= 15 is 0 Å². The number of nitrogens with two attached hydrogens (primary N) is 1. The number of nitrogen functional groups attached to an aromatic ring is 1. The molecule has 2 rings (SSSR count). The number of alkyl carbamates (subject to hydrolysis) is 1. The number of carbonyl (C=O) groups excluding carboxylic acids is 2. The van der Waals surface area contributed by atoms with Crippen LogP contribution in [0.5, 0.6) is 0 Å². The van der Waals surface area contributed by atoms with E-state index in [1.54, 1.807) is 25.3 Å². The molecule has 0 unspecified atom stereocenters. The summed E-state index contributed by atoms with van der Waals surface area (Å²) in [5, 5.41) is 12.1. The molecule has 1 amide bonds. The number of amides is 1. The number of nitrogens with one attached hydrogen (secondary N) is 1. The Hall–Kier alpha value is -2.69. The van der Waals surface area contributed by atoms with Gasteiger partial charge in [-0.2, -0.15) is 5.26 Å². The van der Waals surface area contributed by atoms with Gasteiger partial charge in [0.15, 0.2) is 5.69 Å². The van der Waals surface area contributed by atoms with Crippen LogP contribution in [0.15, 0.2) is 0 Å². The van der Waals surface area contributed by atoms with Crippen LogP contribution in [0.3, 0.4) is 0 Å². The molecule has 136 valence electrons. The molecule has 1 fully saturated rings. The van der Waals surface area contributed by atoms with Crippen LogP contribution < -0.4 is 11.1 Å². The SMILES string of the molecule is COC(=O)c1c(N)c(C#N)c(C2CC2)n1CCNC(=O)OC(C)(C)C. The highest BCUT2D eigenvalue weighted by Crippen LogP contribution is 2.44. The van der Waals surface area contributed by atoms with Crippen LogP contribution in [0.2, 0.25) is 0 Å². The van der Waals surface area contributed by atoms with Gasteiger partial charge in [-0.3, -0.25) is 0 Å². The minimum atomic E-state index is -0.599. The summed E-state index contributed by atoms with van der Waals surface area (Å²) in [5.41, 5.74) is 6.78. The Kier molecular flexibility index (Phi) is 5.26. The van der Waals surface area contributed by atoms with Gasteiger partial charge in [0.25, 0.3) is 0 Å². The number of esters is 1. The van der Waals surface area contributed by atoms with Crippen LogP contribution in [-0.2, 0) is 16.0 Å². The van der Waals surface area contributed by atoms with Crippen molar-refractivity contribution in [3.63, 3.8) is 0 Å². The predicted molar refractivity (Wildman–Crippen MR) is 91.1 cm³/mol. The lowest BCUT2D eigenvalue weighted by Gasteiger charge is -2.20. The number of aromatic nitrogens is 1. The van der Waals surface area contributed by atoms with Crippen LogP contribution in [0, 0.1) is 11.3 Å². The van der Waals surface area contributed by atoms with Gasteiger partial charge in [0.2, 0.25) is 0 Å². The maximum absolute atomic E-state index is 12.1. The molecule has 1 aliphatic rings. The van der Waals surface area contributed by atoms with E-state index in [1.165, 1.54) is 7.11 Å². The Bertz CT molecular complexity index is 720. The summed E-state index contributed by atoms with van der Waals surface area (Å²) >= 11 is 0. The van der Waals surface area contributed by atoms with Crippen LogP contribution in [-0.4, -0.2) is 35.9 Å². The third-order valence-electron chi connectivity index (χ3n) is 3.80. The molecule has 1 aromatic heterocycles. The summed E-state index contributed by atoms with van der Waals surface area (Å²) in [4.78, 5) is 23.9. The number of hydrogen-bond acceptors (Lipinski definition) is 6. The number of methoxy groups -OCH3 is 1. The van der Waals surface area contributed by atoms with Crippen molar-refractivity contribution in [1.82, 2.24) is 9.88 Å². The highest BCUT2D eigenvalue weighted by molar-refractivity contribution is 5.95. The minimum Gasteiger partial charge on any atom is -0.464 e. The van der Waals surface area contributed by atoms with Gasteiger partial charge in [0.1, 0.15) is 11.7 Å². The summed E-state index contributed by atoms with van der Waals surface area (Å²) in [5.74, 6) is -0.393. The highest BCUT2D eigenvalue weighted by Gasteiger charge is 2.35. The topological polar surface area (TPSA) is 119 Å². The summed E-state index contributed by atoms with van der Waals surface area (Å²) in [6, 6.07) is 2.09. The van der Waals surface area contributed by atoms with Crippen LogP contribution in [0.4, 0.5) is 10.5 Å². The summed E-state index contributed by atoms with van der Waals surface area (Å²) in [6.07, 6.45) is 1.34. The molecule has 0 aromatic carbocycles. The van der Waals surface area contributed by atoms with Gasteiger partial charge in [0.05, 0.1) is 18.4 Å². The average Bonchev–Trinajstić information content (AvgIpc) is 3.30. The smallest absolute Gasteiger partial charge is 0.407 e. The second kappa shape index (κ2) is 7.05. The fourth-order valence-corrected chi connectivity index (χ4v) is 2.69. The van der Waals surface area contributed by atoms with Crippen molar-refractivity contribution in [2.75, 3.05) is 19.4 Å². The van der Waals surface area contributed by atoms with E-state index in [-0.39, 0.29) is 23.8 Å². The van der Waals surface area contributed by atoms with E-state index in [2.05, 4.69) is 11.4 Å². The Morgan fingerprint density at radius 3 is 2.52 bits per heavy atom. The lowest BCUT2D eigenvalue weighted by atomic mass is 10.1. The third kappa shape index (κ3) is 4.24. The van der Waals surface area contributed by atoms with E-state index in [4.69, 9.17) is 15.2 Å². The summed E-state index contributed by atoms with van der Waals surface area (Å²) in [7, 11) is 1.26. The van der Waals surface area contributed by atoms with E-state index in [9.17, 15) is 14.9 Å². The van der Waals surface area contributed by atoms with Crippen LogP contribution in [0.25, 0.3) is 0 Å². The molecule has 0 radical (unpaired) electrons.